The molecule has 2 fully saturated rings. The summed E-state index contributed by atoms with van der Waals surface area (Å²) in [4.78, 5) is 4.20. The van der Waals surface area contributed by atoms with Crippen LogP contribution in [0.15, 0.2) is 24.3 Å². The van der Waals surface area contributed by atoms with Crippen LogP contribution in [0.2, 0.25) is 0 Å². The van der Waals surface area contributed by atoms with Crippen molar-refractivity contribution in [3.8, 4) is 34.9 Å². The lowest BCUT2D eigenvalue weighted by molar-refractivity contribution is -0.0796. The van der Waals surface area contributed by atoms with E-state index >= 15 is 0 Å². The highest BCUT2D eigenvalue weighted by molar-refractivity contribution is 5.82. The van der Waals surface area contributed by atoms with E-state index in [1.807, 2.05) is 0 Å². The first-order chi connectivity index (χ1) is 14.7. The molecule has 8 nitrogen and oxygen atoms in total. The Kier molecular flexibility index (Phi) is 5.99. The molecule has 0 aliphatic carbocycles. The van der Waals surface area contributed by atoms with Gasteiger partial charge >= 0.3 is 0 Å². The number of hydrogen-bond donors (Lipinski definition) is 1. The van der Waals surface area contributed by atoms with Crippen LogP contribution in [-0.4, -0.2) is 44.1 Å². The van der Waals surface area contributed by atoms with Crippen LogP contribution in [0.3, 0.4) is 0 Å². The van der Waals surface area contributed by atoms with Crippen molar-refractivity contribution in [3.63, 3.8) is 0 Å². The minimum Gasteiger partial charge on any atom is -0.486 e. The number of benzene rings is 1. The van der Waals surface area contributed by atoms with Crippen molar-refractivity contribution < 1.29 is 18.9 Å². The molecule has 0 amide bonds. The zero-order valence-corrected chi connectivity index (χ0v) is 16.5. The Morgan fingerprint density at radius 1 is 1.03 bits per heavy atom. The Balaban J connectivity index is 1.64. The minimum atomic E-state index is 0.0421. The first-order valence-corrected chi connectivity index (χ1v) is 9.88. The van der Waals surface area contributed by atoms with Gasteiger partial charge < -0.3 is 24.7 Å². The average molecular weight is 406 g/mol. The van der Waals surface area contributed by atoms with E-state index in [1.165, 1.54) is 0 Å². The fraction of sp³-hybridized carbons (Fsp3) is 0.409. The highest BCUT2D eigenvalue weighted by Crippen LogP contribution is 2.36. The third-order valence-electron chi connectivity index (χ3n) is 5.27. The van der Waals surface area contributed by atoms with Crippen molar-refractivity contribution in [3.05, 3.63) is 35.4 Å². The highest BCUT2D eigenvalue weighted by Gasteiger charge is 2.24. The van der Waals surface area contributed by atoms with Crippen molar-refractivity contribution in [1.29, 1.82) is 10.5 Å². The smallest absolute Gasteiger partial charge is 0.234 e. The second-order valence-corrected chi connectivity index (χ2v) is 7.32. The average Bonchev–Trinajstić information content (AvgIpc) is 2.75. The van der Waals surface area contributed by atoms with Crippen LogP contribution in [-0.2, 0) is 9.47 Å². The van der Waals surface area contributed by atoms with Gasteiger partial charge in [0, 0.05) is 18.8 Å². The quantitative estimate of drug-likeness (QED) is 0.776. The maximum atomic E-state index is 9.84. The molecule has 4 rings (SSSR count). The second-order valence-electron chi connectivity index (χ2n) is 7.32. The van der Waals surface area contributed by atoms with Crippen molar-refractivity contribution in [2.45, 2.75) is 18.9 Å². The molecule has 8 heteroatoms. The molecule has 2 N–H and O–H groups in total. The van der Waals surface area contributed by atoms with Gasteiger partial charge in [0.05, 0.1) is 19.8 Å². The maximum absolute atomic E-state index is 9.84. The molecule has 0 radical (unpaired) electrons. The molecule has 2 saturated heterocycles. The van der Waals surface area contributed by atoms with Gasteiger partial charge in [-0.15, -0.1) is 0 Å². The lowest BCUT2D eigenvalue weighted by atomic mass is 9.96. The summed E-state index contributed by atoms with van der Waals surface area (Å²) in [5.41, 5.74) is 7.50. The topological polar surface area (TPSA) is 123 Å². The monoisotopic (exact) mass is 406 g/mol. The molecule has 2 aromatic rings. The summed E-state index contributed by atoms with van der Waals surface area (Å²) in [6.45, 7) is 2.98. The maximum Gasteiger partial charge on any atom is 0.234 e. The lowest BCUT2D eigenvalue weighted by Gasteiger charge is -2.26. The molecule has 2 aliphatic heterocycles. The molecule has 154 valence electrons. The van der Waals surface area contributed by atoms with Gasteiger partial charge in [-0.25, -0.2) is 0 Å². The van der Waals surface area contributed by atoms with Crippen LogP contribution in [0.4, 0.5) is 5.82 Å². The Morgan fingerprint density at radius 2 is 1.73 bits per heavy atom. The number of anilines is 1. The number of nitrogens with zero attached hydrogens (tertiary/aromatic N) is 3. The summed E-state index contributed by atoms with van der Waals surface area (Å²) in [7, 11) is 0. The number of nitrogens with two attached hydrogens (primary N) is 1. The lowest BCUT2D eigenvalue weighted by Crippen LogP contribution is -2.38. The number of ether oxygens (including phenoxy) is 4. The van der Waals surface area contributed by atoms with E-state index in [0.29, 0.717) is 55.8 Å². The van der Waals surface area contributed by atoms with Gasteiger partial charge in [-0.1, -0.05) is 12.1 Å². The van der Waals surface area contributed by atoms with E-state index in [1.54, 1.807) is 24.3 Å². The molecule has 1 aromatic carbocycles. The number of hydrogen-bond acceptors (Lipinski definition) is 8. The van der Waals surface area contributed by atoms with Crippen LogP contribution in [0, 0.1) is 28.6 Å². The third-order valence-corrected chi connectivity index (χ3v) is 5.27. The minimum absolute atomic E-state index is 0.0421. The number of rotatable bonds is 6. The Bertz CT molecular complexity index is 984. The van der Waals surface area contributed by atoms with Crippen LogP contribution in [0.5, 0.6) is 11.6 Å². The first-order valence-electron chi connectivity index (χ1n) is 9.88. The summed E-state index contributed by atoms with van der Waals surface area (Å²) >= 11 is 0. The summed E-state index contributed by atoms with van der Waals surface area (Å²) in [6.07, 6.45) is 1.85. The van der Waals surface area contributed by atoms with Gasteiger partial charge in [0.1, 0.15) is 40.9 Å². The predicted molar refractivity (Wildman–Crippen MR) is 108 cm³/mol. The zero-order chi connectivity index (χ0) is 20.9. The number of aromatic nitrogens is 1. The van der Waals surface area contributed by atoms with Crippen LogP contribution in [0.1, 0.15) is 24.0 Å². The standard InChI is InChI=1S/C22H22N4O4/c23-9-18-20(15-1-3-16(4-2-15)30-17-12-28-13-17)19(10-24)22(26-21(18)25)29-11-14-5-7-27-8-6-14/h1-4,14,17H,5-8,11-13H2,(H2,25,26). The highest BCUT2D eigenvalue weighted by atomic mass is 16.6. The van der Waals surface area contributed by atoms with Crippen LogP contribution in [0.25, 0.3) is 11.1 Å². The molecule has 0 atom stereocenters. The molecule has 2 aliphatic rings. The summed E-state index contributed by atoms with van der Waals surface area (Å²) in [6, 6.07) is 11.4. The molecule has 1 aromatic heterocycles. The van der Waals surface area contributed by atoms with Crippen molar-refractivity contribution in [2.24, 2.45) is 5.92 Å². The van der Waals surface area contributed by atoms with Gasteiger partial charge in [-0.2, -0.15) is 15.5 Å². The Hall–Kier alpha value is -3.33. The fourth-order valence-corrected chi connectivity index (χ4v) is 3.48. The molecular weight excluding hydrogens is 384 g/mol. The van der Waals surface area contributed by atoms with Gasteiger partial charge in [-0.3, -0.25) is 0 Å². The SMILES string of the molecule is N#Cc1c(N)nc(OCC2CCOCC2)c(C#N)c1-c1ccc(OC2COC2)cc1. The zero-order valence-electron chi connectivity index (χ0n) is 16.5. The predicted octanol–water partition coefficient (Wildman–Crippen LogP) is 2.66. The van der Waals surface area contributed by atoms with Crippen LogP contribution >= 0.6 is 0 Å². The molecule has 3 heterocycles. The Labute approximate surface area is 174 Å². The summed E-state index contributed by atoms with van der Waals surface area (Å²) in [5.74, 6) is 1.23. The summed E-state index contributed by atoms with van der Waals surface area (Å²) < 4.78 is 22.2. The second kappa shape index (κ2) is 9.00. The molecule has 0 spiro atoms. The normalized spacial score (nSPS) is 16.9. The Morgan fingerprint density at radius 3 is 2.33 bits per heavy atom. The van der Waals surface area contributed by atoms with E-state index in [-0.39, 0.29) is 28.9 Å². The molecule has 30 heavy (non-hydrogen) atoms. The van der Waals surface area contributed by atoms with Gasteiger partial charge in [0.25, 0.3) is 0 Å². The van der Waals surface area contributed by atoms with Crippen molar-refractivity contribution >= 4 is 5.82 Å². The molecular formula is C22H22N4O4. The van der Waals surface area contributed by atoms with Crippen molar-refractivity contribution in [2.75, 3.05) is 38.8 Å². The van der Waals surface area contributed by atoms with E-state index in [0.717, 1.165) is 12.8 Å². The van der Waals surface area contributed by atoms with Crippen molar-refractivity contribution in [1.82, 2.24) is 4.98 Å². The number of pyridine rings is 1. The fourth-order valence-electron chi connectivity index (χ4n) is 3.48. The number of nitrogen functional groups attached to an aromatic ring is 1. The number of nitriles is 2. The van der Waals surface area contributed by atoms with E-state index in [4.69, 9.17) is 24.7 Å². The van der Waals surface area contributed by atoms with Gasteiger partial charge in [0.15, 0.2) is 0 Å². The van der Waals surface area contributed by atoms with Gasteiger partial charge in [0.2, 0.25) is 5.88 Å². The summed E-state index contributed by atoms with van der Waals surface area (Å²) in [5, 5.41) is 19.5. The van der Waals surface area contributed by atoms with E-state index in [9.17, 15) is 10.5 Å². The molecule has 0 unspecified atom stereocenters. The third kappa shape index (κ3) is 4.16. The molecule has 0 saturated carbocycles. The molecule has 0 bridgehead atoms. The van der Waals surface area contributed by atoms with E-state index in [2.05, 4.69) is 17.1 Å². The van der Waals surface area contributed by atoms with Crippen LogP contribution < -0.4 is 15.2 Å². The first kappa shape index (κ1) is 20.0. The largest absolute Gasteiger partial charge is 0.486 e. The van der Waals surface area contributed by atoms with E-state index < -0.39 is 0 Å². The van der Waals surface area contributed by atoms with Gasteiger partial charge in [-0.05, 0) is 36.5 Å².